The number of carboxylic acids is 1. The molecular weight excluding hydrogens is 314 g/mol. The average Bonchev–Trinajstić information content (AvgIpc) is 2.45. The predicted molar refractivity (Wildman–Crippen MR) is 90.7 cm³/mol. The number of hydrogen-bond donors (Lipinski definition) is 1. The van der Waals surface area contributed by atoms with Gasteiger partial charge < -0.3 is 20.0 Å². The number of nitrogens with one attached hydrogen (secondary N) is 1. The first-order valence-electron chi connectivity index (χ1n) is 8.14. The van der Waals surface area contributed by atoms with Gasteiger partial charge in [-0.15, -0.1) is 0 Å². The van der Waals surface area contributed by atoms with E-state index in [9.17, 15) is 14.7 Å². The van der Waals surface area contributed by atoms with Crippen molar-refractivity contribution in [3.8, 4) is 0 Å². The highest BCUT2D eigenvalue weighted by molar-refractivity contribution is 7.99. The van der Waals surface area contributed by atoms with Gasteiger partial charge in [-0.3, -0.25) is 0 Å². The lowest BCUT2D eigenvalue weighted by atomic mass is 9.67. The van der Waals surface area contributed by atoms with Gasteiger partial charge in [0, 0.05) is 28.8 Å². The molecule has 0 amide bonds. The minimum Gasteiger partial charge on any atom is -0.550 e. The molecule has 0 radical (unpaired) electrons. The van der Waals surface area contributed by atoms with Crippen LogP contribution in [0.4, 0.5) is 0 Å². The lowest BCUT2D eigenvalue weighted by Gasteiger charge is -2.51. The Morgan fingerprint density at radius 2 is 2.04 bits per heavy atom. The van der Waals surface area contributed by atoms with Crippen molar-refractivity contribution in [1.29, 1.82) is 0 Å². The highest BCUT2D eigenvalue weighted by Gasteiger charge is 2.49. The third-order valence-corrected chi connectivity index (χ3v) is 6.02. The summed E-state index contributed by atoms with van der Waals surface area (Å²) in [6.45, 7) is 9.73. The van der Waals surface area contributed by atoms with Gasteiger partial charge in [-0.1, -0.05) is 20.3 Å². The largest absolute Gasteiger partial charge is 0.550 e. The molecule has 0 spiro atoms. The first-order valence-corrected chi connectivity index (χ1v) is 9.42. The number of aliphatic carboxylic acids is 1. The second kappa shape index (κ2) is 8.08. The number of ether oxygens (including phenoxy) is 1. The minimum atomic E-state index is -1.12. The van der Waals surface area contributed by atoms with Crippen molar-refractivity contribution in [3.05, 3.63) is 11.3 Å². The van der Waals surface area contributed by atoms with Gasteiger partial charge in [-0.05, 0) is 33.4 Å². The molecule has 0 bridgehead atoms. The molecule has 1 aliphatic heterocycles. The zero-order chi connectivity index (χ0) is 17.8. The molecule has 0 aromatic heterocycles. The van der Waals surface area contributed by atoms with E-state index in [1.165, 1.54) is 0 Å². The average molecular weight is 342 g/mol. The quantitative estimate of drug-likeness (QED) is 0.710. The topological polar surface area (TPSA) is 78.5 Å². The molecule has 23 heavy (non-hydrogen) atoms. The van der Waals surface area contributed by atoms with Crippen LogP contribution in [-0.4, -0.2) is 35.6 Å². The third-order valence-electron chi connectivity index (χ3n) is 4.83. The fraction of sp³-hybridized carbons (Fsp3) is 0.765. The van der Waals surface area contributed by atoms with Crippen molar-refractivity contribution in [2.75, 3.05) is 12.9 Å². The van der Waals surface area contributed by atoms with Gasteiger partial charge >= 0.3 is 5.97 Å². The highest BCUT2D eigenvalue weighted by atomic mass is 32.2. The summed E-state index contributed by atoms with van der Waals surface area (Å²) in [5.41, 5.74) is 0.481. The fourth-order valence-electron chi connectivity index (χ4n) is 3.56. The molecule has 0 saturated carbocycles. The molecule has 5 nitrogen and oxygen atoms in total. The molecule has 1 N–H and O–H groups in total. The van der Waals surface area contributed by atoms with E-state index in [1.54, 1.807) is 18.7 Å². The molecule has 0 aromatic rings. The first-order chi connectivity index (χ1) is 10.7. The summed E-state index contributed by atoms with van der Waals surface area (Å²) in [5.74, 6) is -2.73. The van der Waals surface area contributed by atoms with Crippen LogP contribution in [0.3, 0.4) is 0 Å². The minimum absolute atomic E-state index is 0.0449. The van der Waals surface area contributed by atoms with Crippen molar-refractivity contribution >= 4 is 23.7 Å². The number of thioether (sulfide) groups is 1. The Bertz CT molecular complexity index is 491. The summed E-state index contributed by atoms with van der Waals surface area (Å²) in [7, 11) is 0. The smallest absolute Gasteiger partial charge is 0.336 e. The molecule has 1 rings (SSSR count). The van der Waals surface area contributed by atoms with E-state index in [0.717, 1.165) is 6.42 Å². The van der Waals surface area contributed by atoms with E-state index in [0.29, 0.717) is 17.7 Å². The molecule has 4 unspecified atom stereocenters. The molecule has 1 heterocycles. The monoisotopic (exact) mass is 342 g/mol. The van der Waals surface area contributed by atoms with Gasteiger partial charge in [-0.25, -0.2) is 4.79 Å². The maximum atomic E-state index is 12.4. The number of carbonyl (C=O) groups is 2. The lowest BCUT2D eigenvalue weighted by molar-refractivity contribution is -0.315. The Labute approximate surface area is 143 Å². The molecule has 6 heteroatoms. The van der Waals surface area contributed by atoms with Gasteiger partial charge in [0.25, 0.3) is 0 Å². The maximum Gasteiger partial charge on any atom is 0.336 e. The summed E-state index contributed by atoms with van der Waals surface area (Å²) in [6.07, 6.45) is 3.36. The Morgan fingerprint density at radius 3 is 2.48 bits per heavy atom. The zero-order valence-corrected chi connectivity index (χ0v) is 15.7. The third kappa shape index (κ3) is 3.84. The molecule has 4 atom stereocenters. The Morgan fingerprint density at radius 1 is 1.43 bits per heavy atom. The molecule has 1 aliphatic rings. The normalized spacial score (nSPS) is 29.0. The SMILES string of the molecule is CCCC1C(C(=O)OCC)=C(C)NC(C)(C(C)SC)C1C(=O)[O-]. The van der Waals surface area contributed by atoms with Crippen LogP contribution in [0.2, 0.25) is 0 Å². The summed E-state index contributed by atoms with van der Waals surface area (Å²) < 4.78 is 5.16. The Balaban J connectivity index is 3.45. The van der Waals surface area contributed by atoms with Crippen LogP contribution in [0.5, 0.6) is 0 Å². The predicted octanol–water partition coefficient (Wildman–Crippen LogP) is 1.72. The van der Waals surface area contributed by atoms with Crippen LogP contribution in [-0.2, 0) is 14.3 Å². The summed E-state index contributed by atoms with van der Waals surface area (Å²) >= 11 is 1.60. The van der Waals surface area contributed by atoms with E-state index in [2.05, 4.69) is 5.32 Å². The summed E-state index contributed by atoms with van der Waals surface area (Å²) in [6, 6.07) is 0. The number of carbonyl (C=O) groups excluding carboxylic acids is 2. The molecule has 132 valence electrons. The second-order valence-electron chi connectivity index (χ2n) is 6.24. The molecule has 0 aromatic carbocycles. The van der Waals surface area contributed by atoms with E-state index < -0.39 is 29.3 Å². The van der Waals surface area contributed by atoms with Crippen molar-refractivity contribution in [2.45, 2.75) is 58.2 Å². The number of esters is 1. The van der Waals surface area contributed by atoms with E-state index in [1.807, 2.05) is 34.0 Å². The molecule has 0 saturated heterocycles. The number of rotatable bonds is 7. The number of allylic oxidation sites excluding steroid dienone is 1. The van der Waals surface area contributed by atoms with Gasteiger partial charge in [-0.2, -0.15) is 11.8 Å². The number of hydrogen-bond acceptors (Lipinski definition) is 6. The summed E-state index contributed by atoms with van der Waals surface area (Å²) in [4.78, 5) is 24.3. The van der Waals surface area contributed by atoms with Crippen molar-refractivity contribution in [3.63, 3.8) is 0 Å². The van der Waals surface area contributed by atoms with E-state index in [-0.39, 0.29) is 11.9 Å². The Kier molecular flexibility index (Phi) is 6.99. The van der Waals surface area contributed by atoms with Gasteiger partial charge in [0.2, 0.25) is 0 Å². The molecular formula is C17H28NO4S-. The standard InChI is InChI=1S/C17H29NO4S/c1-7-9-12-13(16(21)22-8-2)10(3)18-17(5,11(4)23-6)14(12)15(19)20/h11-12,14,18H,7-9H2,1-6H3,(H,19,20)/p-1. The van der Waals surface area contributed by atoms with Crippen molar-refractivity contribution < 1.29 is 19.4 Å². The molecule has 0 aliphatic carbocycles. The van der Waals surface area contributed by atoms with Gasteiger partial charge in [0.15, 0.2) is 0 Å². The van der Waals surface area contributed by atoms with Crippen LogP contribution in [0, 0.1) is 11.8 Å². The zero-order valence-electron chi connectivity index (χ0n) is 14.9. The van der Waals surface area contributed by atoms with Crippen LogP contribution >= 0.6 is 11.8 Å². The lowest BCUT2D eigenvalue weighted by Crippen LogP contribution is -2.64. The van der Waals surface area contributed by atoms with Gasteiger partial charge in [0.05, 0.1) is 17.7 Å². The van der Waals surface area contributed by atoms with Crippen LogP contribution in [0.15, 0.2) is 11.3 Å². The van der Waals surface area contributed by atoms with Gasteiger partial charge in [0.1, 0.15) is 0 Å². The van der Waals surface area contributed by atoms with E-state index in [4.69, 9.17) is 4.74 Å². The van der Waals surface area contributed by atoms with Crippen molar-refractivity contribution in [1.82, 2.24) is 5.32 Å². The van der Waals surface area contributed by atoms with Crippen LogP contribution in [0.1, 0.15) is 47.5 Å². The number of carboxylic acid groups (broad SMARTS) is 1. The summed E-state index contributed by atoms with van der Waals surface area (Å²) in [5, 5.41) is 15.3. The highest BCUT2D eigenvalue weighted by Crippen LogP contribution is 2.43. The first kappa shape index (κ1) is 19.9. The molecule has 0 fully saturated rings. The fourth-order valence-corrected chi connectivity index (χ4v) is 4.25. The van der Waals surface area contributed by atoms with Crippen LogP contribution in [0.25, 0.3) is 0 Å². The van der Waals surface area contributed by atoms with E-state index >= 15 is 0 Å². The van der Waals surface area contributed by atoms with Crippen molar-refractivity contribution in [2.24, 2.45) is 11.8 Å². The Hall–Kier alpha value is -1.17. The van der Waals surface area contributed by atoms with Crippen LogP contribution < -0.4 is 10.4 Å². The maximum absolute atomic E-state index is 12.4. The second-order valence-corrected chi connectivity index (χ2v) is 7.42.